The van der Waals surface area contributed by atoms with E-state index in [9.17, 15) is 4.79 Å². The molecule has 3 aromatic rings. The summed E-state index contributed by atoms with van der Waals surface area (Å²) in [6.45, 7) is 2.47. The van der Waals surface area contributed by atoms with E-state index in [1.165, 1.54) is 0 Å². The standard InChI is InChI=1S/C21H20ClN3O2/c1-14-4-3-5-15(10-14)13-24-21(26)19-12-17(8-9-23-19)25-18-11-16(22)6-7-20(18)27-2/h3-12H,13H2,1-2H3,(H,23,25)(H,24,26). The van der Waals surface area contributed by atoms with Crippen LogP contribution in [0.1, 0.15) is 21.6 Å². The number of aryl methyl sites for hydroxylation is 1. The minimum atomic E-state index is -0.238. The molecule has 5 nitrogen and oxygen atoms in total. The minimum Gasteiger partial charge on any atom is -0.495 e. The van der Waals surface area contributed by atoms with E-state index < -0.39 is 0 Å². The van der Waals surface area contributed by atoms with Gasteiger partial charge in [-0.2, -0.15) is 0 Å². The maximum Gasteiger partial charge on any atom is 0.270 e. The van der Waals surface area contributed by atoms with Crippen molar-refractivity contribution in [1.82, 2.24) is 10.3 Å². The van der Waals surface area contributed by atoms with Crippen LogP contribution < -0.4 is 15.4 Å². The van der Waals surface area contributed by atoms with Gasteiger partial charge >= 0.3 is 0 Å². The van der Waals surface area contributed by atoms with E-state index in [1.807, 2.05) is 31.2 Å². The summed E-state index contributed by atoms with van der Waals surface area (Å²) in [6.07, 6.45) is 1.58. The maximum absolute atomic E-state index is 12.4. The van der Waals surface area contributed by atoms with Gasteiger partial charge in [-0.25, -0.2) is 0 Å². The number of ether oxygens (including phenoxy) is 1. The Morgan fingerprint density at radius 1 is 1.15 bits per heavy atom. The van der Waals surface area contributed by atoms with Crippen LogP contribution in [0.3, 0.4) is 0 Å². The van der Waals surface area contributed by atoms with Gasteiger partial charge in [-0.3, -0.25) is 9.78 Å². The molecule has 2 N–H and O–H groups in total. The summed E-state index contributed by atoms with van der Waals surface area (Å²) in [6, 6.07) is 16.8. The molecule has 0 atom stereocenters. The van der Waals surface area contributed by atoms with Gasteiger partial charge in [0.2, 0.25) is 0 Å². The third-order valence-electron chi connectivity index (χ3n) is 3.97. The van der Waals surface area contributed by atoms with Crippen molar-refractivity contribution in [2.75, 3.05) is 12.4 Å². The molecule has 0 spiro atoms. The van der Waals surface area contributed by atoms with Crippen molar-refractivity contribution in [2.45, 2.75) is 13.5 Å². The molecule has 27 heavy (non-hydrogen) atoms. The van der Waals surface area contributed by atoms with Crippen LogP contribution in [-0.4, -0.2) is 18.0 Å². The normalized spacial score (nSPS) is 10.3. The second kappa shape index (κ2) is 8.56. The number of benzene rings is 2. The number of nitrogens with one attached hydrogen (secondary N) is 2. The zero-order valence-electron chi connectivity index (χ0n) is 15.1. The summed E-state index contributed by atoms with van der Waals surface area (Å²) in [7, 11) is 1.59. The summed E-state index contributed by atoms with van der Waals surface area (Å²) < 4.78 is 5.33. The highest BCUT2D eigenvalue weighted by atomic mass is 35.5. The van der Waals surface area contributed by atoms with E-state index in [4.69, 9.17) is 16.3 Å². The predicted octanol–water partition coefficient (Wildman–Crippen LogP) is 4.73. The zero-order chi connectivity index (χ0) is 19.2. The van der Waals surface area contributed by atoms with E-state index in [1.54, 1.807) is 43.6 Å². The second-order valence-electron chi connectivity index (χ2n) is 6.07. The van der Waals surface area contributed by atoms with E-state index >= 15 is 0 Å². The molecule has 0 unspecified atom stereocenters. The molecule has 0 aliphatic rings. The number of nitrogens with zero attached hydrogens (tertiary/aromatic N) is 1. The number of hydrogen-bond donors (Lipinski definition) is 2. The van der Waals surface area contributed by atoms with Gasteiger partial charge in [0.25, 0.3) is 5.91 Å². The zero-order valence-corrected chi connectivity index (χ0v) is 15.9. The molecule has 0 fully saturated rings. The second-order valence-corrected chi connectivity index (χ2v) is 6.51. The van der Waals surface area contributed by atoms with Gasteiger partial charge in [0, 0.05) is 23.5 Å². The highest BCUT2D eigenvalue weighted by Crippen LogP contribution is 2.30. The van der Waals surface area contributed by atoms with Crippen molar-refractivity contribution in [2.24, 2.45) is 0 Å². The molecule has 3 rings (SSSR count). The summed E-state index contributed by atoms with van der Waals surface area (Å²) in [4.78, 5) is 16.6. The predicted molar refractivity (Wildman–Crippen MR) is 108 cm³/mol. The van der Waals surface area contributed by atoms with Gasteiger partial charge in [-0.05, 0) is 42.8 Å². The summed E-state index contributed by atoms with van der Waals surface area (Å²) in [5, 5.41) is 6.69. The van der Waals surface area contributed by atoms with Crippen LogP contribution in [0.15, 0.2) is 60.8 Å². The molecular formula is C21H20ClN3O2. The van der Waals surface area contributed by atoms with Crippen LogP contribution in [0.25, 0.3) is 0 Å². The Morgan fingerprint density at radius 3 is 2.78 bits per heavy atom. The Kier molecular flexibility index (Phi) is 5.94. The van der Waals surface area contributed by atoms with Gasteiger partial charge in [-0.15, -0.1) is 0 Å². The topological polar surface area (TPSA) is 63.2 Å². The van der Waals surface area contributed by atoms with Gasteiger partial charge < -0.3 is 15.4 Å². The number of halogens is 1. The molecule has 1 amide bonds. The fraction of sp³-hybridized carbons (Fsp3) is 0.143. The van der Waals surface area contributed by atoms with Crippen molar-refractivity contribution in [3.05, 3.63) is 82.6 Å². The van der Waals surface area contributed by atoms with Crippen LogP contribution >= 0.6 is 11.6 Å². The van der Waals surface area contributed by atoms with Gasteiger partial charge in [0.05, 0.1) is 12.8 Å². The number of hydrogen-bond acceptors (Lipinski definition) is 4. The Bertz CT molecular complexity index is 960. The Hall–Kier alpha value is -3.05. The number of carbonyl (C=O) groups excluding carboxylic acids is 1. The lowest BCUT2D eigenvalue weighted by Crippen LogP contribution is -2.23. The number of pyridine rings is 1. The van der Waals surface area contributed by atoms with Gasteiger partial charge in [-0.1, -0.05) is 41.4 Å². The van der Waals surface area contributed by atoms with E-state index in [2.05, 4.69) is 15.6 Å². The molecule has 0 saturated carbocycles. The molecule has 2 aromatic carbocycles. The molecule has 1 aromatic heterocycles. The Labute approximate surface area is 163 Å². The molecular weight excluding hydrogens is 362 g/mol. The summed E-state index contributed by atoms with van der Waals surface area (Å²) in [5.74, 6) is 0.417. The van der Waals surface area contributed by atoms with Crippen LogP contribution in [0.2, 0.25) is 5.02 Å². The van der Waals surface area contributed by atoms with Crippen LogP contribution in [0, 0.1) is 6.92 Å². The fourth-order valence-corrected chi connectivity index (χ4v) is 2.83. The van der Waals surface area contributed by atoms with Crippen molar-refractivity contribution < 1.29 is 9.53 Å². The average molecular weight is 382 g/mol. The fourth-order valence-electron chi connectivity index (χ4n) is 2.66. The first-order chi connectivity index (χ1) is 13.0. The lowest BCUT2D eigenvalue weighted by molar-refractivity contribution is 0.0946. The minimum absolute atomic E-state index is 0.238. The Morgan fingerprint density at radius 2 is 2.00 bits per heavy atom. The van der Waals surface area contributed by atoms with Crippen LogP contribution in [0.4, 0.5) is 11.4 Å². The molecule has 0 saturated heterocycles. The van der Waals surface area contributed by atoms with Crippen LogP contribution in [0.5, 0.6) is 5.75 Å². The molecule has 138 valence electrons. The third kappa shape index (κ3) is 4.99. The monoisotopic (exact) mass is 381 g/mol. The molecule has 0 aliphatic heterocycles. The van der Waals surface area contributed by atoms with Crippen molar-refractivity contribution in [1.29, 1.82) is 0 Å². The third-order valence-corrected chi connectivity index (χ3v) is 4.20. The number of aromatic nitrogens is 1. The first-order valence-electron chi connectivity index (χ1n) is 8.45. The van der Waals surface area contributed by atoms with Gasteiger partial charge in [0.15, 0.2) is 0 Å². The summed E-state index contributed by atoms with van der Waals surface area (Å²) >= 11 is 6.06. The first-order valence-corrected chi connectivity index (χ1v) is 8.83. The number of amides is 1. The average Bonchev–Trinajstić information content (AvgIpc) is 2.66. The number of rotatable bonds is 6. The van der Waals surface area contributed by atoms with Crippen molar-refractivity contribution >= 4 is 28.9 Å². The largest absolute Gasteiger partial charge is 0.495 e. The van der Waals surface area contributed by atoms with E-state index in [0.717, 1.165) is 11.1 Å². The molecule has 0 aliphatic carbocycles. The van der Waals surface area contributed by atoms with Crippen molar-refractivity contribution in [3.8, 4) is 5.75 Å². The maximum atomic E-state index is 12.4. The first kappa shape index (κ1) is 18.7. The molecule has 1 heterocycles. The lowest BCUT2D eigenvalue weighted by Gasteiger charge is -2.12. The lowest BCUT2D eigenvalue weighted by atomic mass is 10.1. The van der Waals surface area contributed by atoms with Crippen molar-refractivity contribution in [3.63, 3.8) is 0 Å². The van der Waals surface area contributed by atoms with Crippen LogP contribution in [-0.2, 0) is 6.54 Å². The molecule has 0 bridgehead atoms. The highest BCUT2D eigenvalue weighted by molar-refractivity contribution is 6.31. The van der Waals surface area contributed by atoms with Gasteiger partial charge in [0.1, 0.15) is 11.4 Å². The van der Waals surface area contributed by atoms with E-state index in [-0.39, 0.29) is 5.91 Å². The SMILES string of the molecule is COc1ccc(Cl)cc1Nc1ccnc(C(=O)NCc2cccc(C)c2)c1. The van der Waals surface area contributed by atoms with E-state index in [0.29, 0.717) is 34.4 Å². The smallest absolute Gasteiger partial charge is 0.270 e. The quantitative estimate of drug-likeness (QED) is 0.648. The highest BCUT2D eigenvalue weighted by Gasteiger charge is 2.10. The summed E-state index contributed by atoms with van der Waals surface area (Å²) in [5.41, 5.74) is 3.95. The number of carbonyl (C=O) groups is 1. The Balaban J connectivity index is 1.71. The number of methoxy groups -OCH3 is 1. The molecule has 0 radical (unpaired) electrons. The number of anilines is 2. The molecule has 6 heteroatoms.